The zero-order chi connectivity index (χ0) is 15.4. The summed E-state index contributed by atoms with van der Waals surface area (Å²) in [5.41, 5.74) is -0.0124. The maximum atomic E-state index is 12.1. The van der Waals surface area contributed by atoms with Crippen LogP contribution in [0.5, 0.6) is 0 Å². The minimum Gasteiger partial charge on any atom is -0.319 e. The number of carbonyl (C=O) groups excluding carboxylic acids is 1. The Morgan fingerprint density at radius 2 is 2.29 bits per heavy atom. The number of nitrogens with one attached hydrogen (secondary N) is 1. The number of nitrogens with zero attached hydrogens (tertiary/aromatic N) is 2. The van der Waals surface area contributed by atoms with Gasteiger partial charge in [0.05, 0.1) is 11.5 Å². The summed E-state index contributed by atoms with van der Waals surface area (Å²) in [7, 11) is 0. The van der Waals surface area contributed by atoms with Crippen LogP contribution in [0.15, 0.2) is 18.2 Å². The highest BCUT2D eigenvalue weighted by molar-refractivity contribution is 6.31. The van der Waals surface area contributed by atoms with Crippen LogP contribution < -0.4 is 5.32 Å². The number of carbonyl (C=O) groups is 1. The van der Waals surface area contributed by atoms with E-state index in [4.69, 9.17) is 11.6 Å². The van der Waals surface area contributed by atoms with Gasteiger partial charge >= 0.3 is 0 Å². The highest BCUT2D eigenvalue weighted by atomic mass is 35.5. The van der Waals surface area contributed by atoms with Gasteiger partial charge in [-0.3, -0.25) is 19.8 Å². The third-order valence-corrected chi connectivity index (χ3v) is 3.95. The Balaban J connectivity index is 2.05. The number of hydrogen-bond donors (Lipinski definition) is 1. The van der Waals surface area contributed by atoms with E-state index in [9.17, 15) is 14.9 Å². The Morgan fingerprint density at radius 1 is 1.52 bits per heavy atom. The van der Waals surface area contributed by atoms with E-state index < -0.39 is 4.92 Å². The largest absolute Gasteiger partial charge is 0.319 e. The van der Waals surface area contributed by atoms with E-state index in [1.54, 1.807) is 0 Å². The average molecular weight is 312 g/mol. The molecule has 1 aromatic rings. The van der Waals surface area contributed by atoms with E-state index in [-0.39, 0.29) is 23.8 Å². The van der Waals surface area contributed by atoms with Crippen LogP contribution in [0.2, 0.25) is 5.02 Å². The smallest absolute Gasteiger partial charge is 0.292 e. The van der Waals surface area contributed by atoms with E-state index >= 15 is 0 Å². The van der Waals surface area contributed by atoms with Crippen LogP contribution in [0.1, 0.15) is 26.2 Å². The highest BCUT2D eigenvalue weighted by Gasteiger charge is 2.22. The van der Waals surface area contributed by atoms with E-state index in [1.807, 2.05) is 0 Å². The Hall–Kier alpha value is -1.66. The van der Waals surface area contributed by atoms with Gasteiger partial charge in [-0.2, -0.15) is 0 Å². The lowest BCUT2D eigenvalue weighted by Crippen LogP contribution is -2.42. The number of likely N-dealkylation sites (tertiary alicyclic amines) is 1. The molecule has 21 heavy (non-hydrogen) atoms. The lowest BCUT2D eigenvalue weighted by molar-refractivity contribution is -0.383. The van der Waals surface area contributed by atoms with Crippen LogP contribution in [0.4, 0.5) is 11.4 Å². The van der Waals surface area contributed by atoms with Crippen molar-refractivity contribution in [2.45, 2.75) is 32.2 Å². The van der Waals surface area contributed by atoms with Crippen molar-refractivity contribution in [2.75, 3.05) is 18.4 Å². The maximum absolute atomic E-state index is 12.1. The zero-order valence-corrected chi connectivity index (χ0v) is 12.6. The van der Waals surface area contributed by atoms with Crippen molar-refractivity contribution in [3.63, 3.8) is 0 Å². The molecule has 114 valence electrons. The molecular formula is C14H18ClN3O3. The fourth-order valence-corrected chi connectivity index (χ4v) is 2.71. The third-order valence-electron chi connectivity index (χ3n) is 3.72. The van der Waals surface area contributed by atoms with Crippen LogP contribution in [0.3, 0.4) is 0 Å². The fraction of sp³-hybridized carbons (Fsp3) is 0.500. The summed E-state index contributed by atoms with van der Waals surface area (Å²) in [4.78, 5) is 24.6. The molecule has 7 heteroatoms. The molecule has 1 N–H and O–H groups in total. The number of benzene rings is 1. The second kappa shape index (κ2) is 6.87. The van der Waals surface area contributed by atoms with E-state index in [1.165, 1.54) is 24.6 Å². The number of nitro benzene ring substituents is 1. The van der Waals surface area contributed by atoms with Crippen molar-refractivity contribution in [3.8, 4) is 0 Å². The second-order valence-corrected chi connectivity index (χ2v) is 5.72. The molecule has 0 saturated carbocycles. The average Bonchev–Trinajstić information content (AvgIpc) is 2.41. The number of nitro groups is 1. The molecule has 1 aromatic carbocycles. The highest BCUT2D eigenvalue weighted by Crippen LogP contribution is 2.27. The predicted molar refractivity (Wildman–Crippen MR) is 81.6 cm³/mol. The van der Waals surface area contributed by atoms with Crippen molar-refractivity contribution in [1.29, 1.82) is 0 Å². The van der Waals surface area contributed by atoms with E-state index in [0.717, 1.165) is 19.4 Å². The topological polar surface area (TPSA) is 75.5 Å². The molecule has 1 heterocycles. The number of hydrogen-bond acceptors (Lipinski definition) is 4. The minimum absolute atomic E-state index is 0.141. The summed E-state index contributed by atoms with van der Waals surface area (Å²) in [6, 6.07) is 4.49. The molecule has 1 fully saturated rings. The van der Waals surface area contributed by atoms with Crippen LogP contribution >= 0.6 is 11.6 Å². The number of amides is 1. The standard InChI is InChI=1S/C14H18ClN3O3/c1-10-4-2-3-7-17(10)9-14(19)16-12-8-11(15)5-6-13(12)18(20)21/h5-6,8,10H,2-4,7,9H2,1H3,(H,16,19)/t10-/m1/s1. The lowest BCUT2D eigenvalue weighted by atomic mass is 10.0. The number of rotatable bonds is 4. The van der Waals surface area contributed by atoms with Crippen LogP contribution in [-0.2, 0) is 4.79 Å². The van der Waals surface area contributed by atoms with Gasteiger partial charge in [0.2, 0.25) is 5.91 Å². The van der Waals surface area contributed by atoms with Gasteiger partial charge in [0.25, 0.3) is 5.69 Å². The molecule has 2 rings (SSSR count). The van der Waals surface area contributed by atoms with Gasteiger partial charge < -0.3 is 5.32 Å². The Bertz CT molecular complexity index is 550. The van der Waals surface area contributed by atoms with Gasteiger partial charge in [-0.1, -0.05) is 18.0 Å². The first-order valence-corrected chi connectivity index (χ1v) is 7.33. The Kier molecular flexibility index (Phi) is 5.14. The first-order chi connectivity index (χ1) is 9.97. The van der Waals surface area contributed by atoms with Gasteiger partial charge in [-0.15, -0.1) is 0 Å². The van der Waals surface area contributed by atoms with Gasteiger partial charge in [-0.25, -0.2) is 0 Å². The van der Waals surface area contributed by atoms with Gasteiger partial charge in [0, 0.05) is 17.1 Å². The molecule has 1 aliphatic rings. The summed E-state index contributed by atoms with van der Waals surface area (Å²) in [6.45, 7) is 3.21. The summed E-state index contributed by atoms with van der Waals surface area (Å²) in [5.74, 6) is -0.255. The van der Waals surface area contributed by atoms with Crippen molar-refractivity contribution < 1.29 is 9.72 Å². The molecule has 6 nitrogen and oxygen atoms in total. The Labute approximate surface area is 128 Å². The normalized spacial score (nSPS) is 19.2. The molecule has 0 radical (unpaired) electrons. The SMILES string of the molecule is C[C@@H]1CCCCN1CC(=O)Nc1cc(Cl)ccc1[N+](=O)[O-]. The summed E-state index contributed by atoms with van der Waals surface area (Å²) in [6.07, 6.45) is 3.33. The van der Waals surface area contributed by atoms with E-state index in [2.05, 4.69) is 17.1 Å². The number of anilines is 1. The molecule has 0 bridgehead atoms. The minimum atomic E-state index is -0.532. The van der Waals surface area contributed by atoms with Crippen molar-refractivity contribution in [3.05, 3.63) is 33.3 Å². The molecule has 1 atom stereocenters. The third kappa shape index (κ3) is 4.15. The van der Waals surface area contributed by atoms with E-state index in [0.29, 0.717) is 11.1 Å². The predicted octanol–water partition coefficient (Wildman–Crippen LogP) is 3.06. The van der Waals surface area contributed by atoms with Crippen LogP contribution in [0.25, 0.3) is 0 Å². The molecule has 0 aromatic heterocycles. The van der Waals surface area contributed by atoms with Crippen molar-refractivity contribution in [2.24, 2.45) is 0 Å². The van der Waals surface area contributed by atoms with Crippen LogP contribution in [0, 0.1) is 10.1 Å². The molecule has 1 aliphatic heterocycles. The molecule has 0 aliphatic carbocycles. The van der Waals surface area contributed by atoms with Crippen molar-refractivity contribution in [1.82, 2.24) is 4.90 Å². The number of piperidine rings is 1. The van der Waals surface area contributed by atoms with Crippen molar-refractivity contribution >= 4 is 28.9 Å². The first-order valence-electron chi connectivity index (χ1n) is 6.95. The van der Waals surface area contributed by atoms with Crippen LogP contribution in [-0.4, -0.2) is 34.9 Å². The summed E-state index contributed by atoms with van der Waals surface area (Å²) in [5, 5.41) is 13.9. The molecule has 1 amide bonds. The summed E-state index contributed by atoms with van der Waals surface area (Å²) >= 11 is 5.84. The zero-order valence-electron chi connectivity index (χ0n) is 11.8. The first kappa shape index (κ1) is 15.7. The Morgan fingerprint density at radius 3 is 2.95 bits per heavy atom. The van der Waals surface area contributed by atoms with Gasteiger partial charge in [0.15, 0.2) is 0 Å². The quantitative estimate of drug-likeness (QED) is 0.685. The molecule has 0 unspecified atom stereocenters. The van der Waals surface area contributed by atoms with Gasteiger partial charge in [-0.05, 0) is 38.4 Å². The summed E-state index contributed by atoms with van der Waals surface area (Å²) < 4.78 is 0. The maximum Gasteiger partial charge on any atom is 0.292 e. The lowest BCUT2D eigenvalue weighted by Gasteiger charge is -2.32. The second-order valence-electron chi connectivity index (χ2n) is 5.28. The number of halogens is 1. The molecular weight excluding hydrogens is 294 g/mol. The molecule has 1 saturated heterocycles. The molecule has 0 spiro atoms. The van der Waals surface area contributed by atoms with Gasteiger partial charge in [0.1, 0.15) is 5.69 Å². The monoisotopic (exact) mass is 311 g/mol. The fourth-order valence-electron chi connectivity index (χ4n) is 2.53.